The number of hydrogen-bond acceptors (Lipinski definition) is 4. The zero-order chi connectivity index (χ0) is 12.3. The van der Waals surface area contributed by atoms with Crippen LogP contribution in [-0.4, -0.2) is 9.78 Å². The van der Waals surface area contributed by atoms with Crippen LogP contribution in [0.15, 0.2) is 24.5 Å². The molecular formula is C12H14N4S. The summed E-state index contributed by atoms with van der Waals surface area (Å²) in [5.41, 5.74) is 1.01. The van der Waals surface area contributed by atoms with Crippen LogP contribution in [-0.2, 0) is 6.54 Å². The van der Waals surface area contributed by atoms with E-state index in [-0.39, 0.29) is 0 Å². The molecule has 0 aliphatic carbocycles. The average molecular weight is 246 g/mol. The Balaban J connectivity index is 1.95. The van der Waals surface area contributed by atoms with E-state index in [2.05, 4.69) is 30.3 Å². The van der Waals surface area contributed by atoms with Gasteiger partial charge in [0.1, 0.15) is 10.9 Å². The Labute approximate surface area is 105 Å². The highest BCUT2D eigenvalue weighted by molar-refractivity contribution is 7.12. The molecule has 2 aromatic heterocycles. The Morgan fingerprint density at radius 2 is 2.35 bits per heavy atom. The molecule has 0 aliphatic heterocycles. The minimum atomic E-state index is 0.373. The molecule has 5 heteroatoms. The SMILES string of the molecule is CC(C)n1cc(NCc2ccc(C#N)s2)cn1. The zero-order valence-corrected chi connectivity index (χ0v) is 10.7. The van der Waals surface area contributed by atoms with E-state index in [1.807, 2.05) is 29.2 Å². The first-order valence-electron chi connectivity index (χ1n) is 5.46. The van der Waals surface area contributed by atoms with E-state index in [1.165, 1.54) is 11.3 Å². The lowest BCUT2D eigenvalue weighted by Gasteiger charge is -2.03. The summed E-state index contributed by atoms with van der Waals surface area (Å²) in [7, 11) is 0. The summed E-state index contributed by atoms with van der Waals surface area (Å²) in [5, 5.41) is 16.3. The van der Waals surface area contributed by atoms with Gasteiger partial charge < -0.3 is 5.32 Å². The smallest absolute Gasteiger partial charge is 0.110 e. The van der Waals surface area contributed by atoms with E-state index in [0.29, 0.717) is 6.04 Å². The highest BCUT2D eigenvalue weighted by Gasteiger charge is 2.02. The second-order valence-corrected chi connectivity index (χ2v) is 5.20. The number of aromatic nitrogens is 2. The van der Waals surface area contributed by atoms with Crippen LogP contribution >= 0.6 is 11.3 Å². The summed E-state index contributed by atoms with van der Waals surface area (Å²) in [4.78, 5) is 1.90. The lowest BCUT2D eigenvalue weighted by Crippen LogP contribution is -2.00. The van der Waals surface area contributed by atoms with Crippen molar-refractivity contribution in [3.8, 4) is 6.07 Å². The van der Waals surface area contributed by atoms with Crippen molar-refractivity contribution in [2.24, 2.45) is 0 Å². The predicted molar refractivity (Wildman–Crippen MR) is 69.0 cm³/mol. The molecule has 2 rings (SSSR count). The van der Waals surface area contributed by atoms with E-state index in [1.54, 1.807) is 0 Å². The number of nitrogens with zero attached hydrogens (tertiary/aromatic N) is 3. The van der Waals surface area contributed by atoms with E-state index < -0.39 is 0 Å². The van der Waals surface area contributed by atoms with Crippen LogP contribution in [0.3, 0.4) is 0 Å². The summed E-state index contributed by atoms with van der Waals surface area (Å²) in [6, 6.07) is 6.33. The molecule has 0 atom stereocenters. The lowest BCUT2D eigenvalue weighted by molar-refractivity contribution is 0.532. The van der Waals surface area contributed by atoms with E-state index in [9.17, 15) is 0 Å². The van der Waals surface area contributed by atoms with Crippen LogP contribution < -0.4 is 5.32 Å². The first kappa shape index (κ1) is 11.7. The van der Waals surface area contributed by atoms with E-state index in [0.717, 1.165) is 22.0 Å². The molecule has 88 valence electrons. The van der Waals surface area contributed by atoms with Gasteiger partial charge in [0, 0.05) is 23.7 Å². The third-order valence-electron chi connectivity index (χ3n) is 2.37. The van der Waals surface area contributed by atoms with Crippen molar-refractivity contribution in [1.29, 1.82) is 5.26 Å². The Morgan fingerprint density at radius 3 is 2.94 bits per heavy atom. The van der Waals surface area contributed by atoms with Crippen molar-refractivity contribution >= 4 is 17.0 Å². The van der Waals surface area contributed by atoms with Gasteiger partial charge >= 0.3 is 0 Å². The number of rotatable bonds is 4. The molecule has 2 aromatic rings. The van der Waals surface area contributed by atoms with Gasteiger partial charge in [-0.2, -0.15) is 10.4 Å². The highest BCUT2D eigenvalue weighted by Crippen LogP contribution is 2.17. The maximum absolute atomic E-state index is 8.73. The topological polar surface area (TPSA) is 53.6 Å². The van der Waals surface area contributed by atoms with E-state index >= 15 is 0 Å². The van der Waals surface area contributed by atoms with Crippen LogP contribution in [0.25, 0.3) is 0 Å². The molecule has 0 bridgehead atoms. The maximum atomic E-state index is 8.73. The second-order valence-electron chi connectivity index (χ2n) is 4.03. The van der Waals surface area contributed by atoms with Crippen molar-refractivity contribution in [1.82, 2.24) is 9.78 Å². The fraction of sp³-hybridized carbons (Fsp3) is 0.333. The van der Waals surface area contributed by atoms with Crippen molar-refractivity contribution in [2.75, 3.05) is 5.32 Å². The minimum Gasteiger partial charge on any atom is -0.378 e. The van der Waals surface area contributed by atoms with Crippen molar-refractivity contribution in [2.45, 2.75) is 26.4 Å². The van der Waals surface area contributed by atoms with E-state index in [4.69, 9.17) is 5.26 Å². The number of nitrogens with one attached hydrogen (secondary N) is 1. The third kappa shape index (κ3) is 2.86. The number of nitriles is 1. The Kier molecular flexibility index (Phi) is 3.45. The van der Waals surface area contributed by atoms with Gasteiger partial charge in [0.15, 0.2) is 0 Å². The van der Waals surface area contributed by atoms with Gasteiger partial charge in [0.05, 0.1) is 11.9 Å². The molecule has 4 nitrogen and oxygen atoms in total. The van der Waals surface area contributed by atoms with Crippen LogP contribution in [0.2, 0.25) is 0 Å². The largest absolute Gasteiger partial charge is 0.378 e. The molecule has 0 spiro atoms. The van der Waals surface area contributed by atoms with Crippen molar-refractivity contribution in [3.05, 3.63) is 34.3 Å². The first-order chi connectivity index (χ1) is 8.19. The highest BCUT2D eigenvalue weighted by atomic mass is 32.1. The monoisotopic (exact) mass is 246 g/mol. The molecule has 0 amide bonds. The standard InChI is InChI=1S/C12H14N4S/c1-9(2)16-8-10(6-15-16)14-7-12-4-3-11(5-13)17-12/h3-4,6,8-9,14H,7H2,1-2H3. The molecule has 0 aromatic carbocycles. The van der Waals surface area contributed by atoms with Gasteiger partial charge in [0.2, 0.25) is 0 Å². The molecular weight excluding hydrogens is 232 g/mol. The fourth-order valence-corrected chi connectivity index (χ4v) is 2.18. The average Bonchev–Trinajstić information content (AvgIpc) is 2.95. The van der Waals surface area contributed by atoms with Crippen LogP contribution in [0.1, 0.15) is 29.6 Å². The van der Waals surface area contributed by atoms with Gasteiger partial charge in [-0.25, -0.2) is 0 Å². The molecule has 2 heterocycles. The molecule has 0 saturated carbocycles. The molecule has 0 fully saturated rings. The molecule has 0 aliphatic rings. The quantitative estimate of drug-likeness (QED) is 0.902. The van der Waals surface area contributed by atoms with Gasteiger partial charge in [-0.15, -0.1) is 11.3 Å². The summed E-state index contributed by atoms with van der Waals surface area (Å²) in [6.07, 6.45) is 3.81. The van der Waals surface area contributed by atoms with Gasteiger partial charge in [0.25, 0.3) is 0 Å². The predicted octanol–water partition coefficient (Wildman–Crippen LogP) is 3.01. The summed E-state index contributed by atoms with van der Waals surface area (Å²) in [5.74, 6) is 0. The Hall–Kier alpha value is -1.80. The summed E-state index contributed by atoms with van der Waals surface area (Å²) >= 11 is 1.51. The van der Waals surface area contributed by atoms with Crippen LogP contribution in [0.4, 0.5) is 5.69 Å². The zero-order valence-electron chi connectivity index (χ0n) is 9.84. The maximum Gasteiger partial charge on any atom is 0.110 e. The van der Waals surface area contributed by atoms with Crippen molar-refractivity contribution < 1.29 is 0 Å². The van der Waals surface area contributed by atoms with Gasteiger partial charge in [-0.05, 0) is 26.0 Å². The normalized spacial score (nSPS) is 10.5. The molecule has 17 heavy (non-hydrogen) atoms. The summed E-state index contributed by atoms with van der Waals surface area (Å²) < 4.78 is 1.91. The third-order valence-corrected chi connectivity index (χ3v) is 3.36. The second kappa shape index (κ2) is 5.02. The van der Waals surface area contributed by atoms with Gasteiger partial charge in [-0.1, -0.05) is 0 Å². The number of anilines is 1. The fourth-order valence-electron chi connectivity index (χ4n) is 1.43. The Morgan fingerprint density at radius 1 is 1.53 bits per heavy atom. The minimum absolute atomic E-state index is 0.373. The Bertz CT molecular complexity index is 533. The number of thiophene rings is 1. The lowest BCUT2D eigenvalue weighted by atomic mass is 10.4. The van der Waals surface area contributed by atoms with Crippen molar-refractivity contribution in [3.63, 3.8) is 0 Å². The van der Waals surface area contributed by atoms with Gasteiger partial charge in [-0.3, -0.25) is 4.68 Å². The summed E-state index contributed by atoms with van der Waals surface area (Å²) in [6.45, 7) is 4.92. The molecule has 1 N–H and O–H groups in total. The van der Waals surface area contributed by atoms with Crippen LogP contribution in [0, 0.1) is 11.3 Å². The molecule has 0 radical (unpaired) electrons. The molecule has 0 unspecified atom stereocenters. The number of hydrogen-bond donors (Lipinski definition) is 1. The first-order valence-corrected chi connectivity index (χ1v) is 6.27. The van der Waals surface area contributed by atoms with Crippen LogP contribution in [0.5, 0.6) is 0 Å². The molecule has 0 saturated heterocycles.